The molecule has 19 heavy (non-hydrogen) atoms. The van der Waals surface area contributed by atoms with Crippen molar-refractivity contribution in [2.45, 2.75) is 39.3 Å². The van der Waals surface area contributed by atoms with Crippen molar-refractivity contribution in [2.75, 3.05) is 19.6 Å². The van der Waals surface area contributed by atoms with Crippen LogP contribution in [0.4, 0.5) is 4.39 Å². The number of hydrogen-bond donors (Lipinski definition) is 1. The molecule has 2 unspecified atom stereocenters. The largest absolute Gasteiger partial charge is 0.310 e. The molecule has 1 N–H and O–H groups in total. The summed E-state index contributed by atoms with van der Waals surface area (Å²) in [6, 6.07) is 7.73. The molecule has 1 aromatic carbocycles. The molecule has 3 heteroatoms. The Balaban J connectivity index is 1.78. The van der Waals surface area contributed by atoms with Gasteiger partial charge in [0.2, 0.25) is 0 Å². The quantitative estimate of drug-likeness (QED) is 0.878. The van der Waals surface area contributed by atoms with E-state index in [0.29, 0.717) is 6.04 Å². The normalized spacial score (nSPS) is 22.1. The standard InChI is InChI=1S/C16H25FN2/c1-12(2)19-9-8-14(11-19)10-18-13(3)15-4-6-16(17)7-5-15/h4-7,12-14,18H,8-11H2,1-3H3. The Morgan fingerprint density at radius 3 is 2.53 bits per heavy atom. The van der Waals surface area contributed by atoms with Crippen molar-refractivity contribution in [3.63, 3.8) is 0 Å². The zero-order valence-corrected chi connectivity index (χ0v) is 12.2. The molecule has 2 nitrogen and oxygen atoms in total. The van der Waals surface area contributed by atoms with Gasteiger partial charge in [-0.2, -0.15) is 0 Å². The highest BCUT2D eigenvalue weighted by molar-refractivity contribution is 5.19. The molecular weight excluding hydrogens is 239 g/mol. The number of halogens is 1. The van der Waals surface area contributed by atoms with Crippen LogP contribution in [-0.2, 0) is 0 Å². The fraction of sp³-hybridized carbons (Fsp3) is 0.625. The lowest BCUT2D eigenvalue weighted by molar-refractivity contribution is 0.263. The predicted octanol–water partition coefficient (Wildman–Crippen LogP) is 3.21. The minimum Gasteiger partial charge on any atom is -0.310 e. The highest BCUT2D eigenvalue weighted by Gasteiger charge is 2.24. The van der Waals surface area contributed by atoms with E-state index in [1.54, 1.807) is 0 Å². The summed E-state index contributed by atoms with van der Waals surface area (Å²) in [7, 11) is 0. The van der Waals surface area contributed by atoms with E-state index in [0.717, 1.165) is 18.0 Å². The molecule has 1 saturated heterocycles. The van der Waals surface area contributed by atoms with Crippen LogP contribution in [0.3, 0.4) is 0 Å². The van der Waals surface area contributed by atoms with Crippen LogP contribution in [0.15, 0.2) is 24.3 Å². The smallest absolute Gasteiger partial charge is 0.123 e. The van der Waals surface area contributed by atoms with Gasteiger partial charge in [-0.05, 0) is 63.9 Å². The molecule has 1 aromatic rings. The summed E-state index contributed by atoms with van der Waals surface area (Å²) in [5, 5.41) is 3.57. The topological polar surface area (TPSA) is 15.3 Å². The zero-order valence-electron chi connectivity index (χ0n) is 12.2. The van der Waals surface area contributed by atoms with E-state index in [2.05, 4.69) is 31.0 Å². The number of rotatable bonds is 5. The predicted molar refractivity (Wildman–Crippen MR) is 77.6 cm³/mol. The molecule has 0 amide bonds. The van der Waals surface area contributed by atoms with Crippen molar-refractivity contribution >= 4 is 0 Å². The summed E-state index contributed by atoms with van der Waals surface area (Å²) in [6.07, 6.45) is 1.28. The van der Waals surface area contributed by atoms with Gasteiger partial charge in [0.25, 0.3) is 0 Å². The lowest BCUT2D eigenvalue weighted by atomic mass is 10.1. The molecule has 0 bridgehead atoms. The van der Waals surface area contributed by atoms with Gasteiger partial charge in [0.1, 0.15) is 5.82 Å². The molecule has 0 spiro atoms. The van der Waals surface area contributed by atoms with E-state index >= 15 is 0 Å². The second kappa shape index (κ2) is 6.49. The molecule has 0 saturated carbocycles. The summed E-state index contributed by atoms with van der Waals surface area (Å²) in [5.74, 6) is 0.574. The van der Waals surface area contributed by atoms with Crippen LogP contribution in [0.2, 0.25) is 0 Å². The second-order valence-electron chi connectivity index (χ2n) is 5.92. The fourth-order valence-electron chi connectivity index (χ4n) is 2.71. The highest BCUT2D eigenvalue weighted by Crippen LogP contribution is 2.19. The third-order valence-corrected chi connectivity index (χ3v) is 4.13. The Bertz CT molecular complexity index is 388. The number of hydrogen-bond acceptors (Lipinski definition) is 2. The third kappa shape index (κ3) is 4.02. The first-order valence-electron chi connectivity index (χ1n) is 7.29. The van der Waals surface area contributed by atoms with Crippen LogP contribution in [0.1, 0.15) is 38.8 Å². The van der Waals surface area contributed by atoms with Crippen LogP contribution >= 0.6 is 0 Å². The van der Waals surface area contributed by atoms with Crippen molar-refractivity contribution in [1.29, 1.82) is 0 Å². The van der Waals surface area contributed by atoms with Crippen LogP contribution in [0, 0.1) is 11.7 Å². The van der Waals surface area contributed by atoms with Gasteiger partial charge >= 0.3 is 0 Å². The molecular formula is C16H25FN2. The van der Waals surface area contributed by atoms with E-state index in [1.807, 2.05) is 12.1 Å². The molecule has 0 aliphatic carbocycles. The third-order valence-electron chi connectivity index (χ3n) is 4.13. The van der Waals surface area contributed by atoms with Gasteiger partial charge in [0.15, 0.2) is 0 Å². The van der Waals surface area contributed by atoms with Gasteiger partial charge < -0.3 is 10.2 Å². The number of likely N-dealkylation sites (tertiary alicyclic amines) is 1. The van der Waals surface area contributed by atoms with E-state index < -0.39 is 0 Å². The molecule has 0 aromatic heterocycles. The van der Waals surface area contributed by atoms with E-state index in [1.165, 1.54) is 31.6 Å². The molecule has 1 aliphatic rings. The summed E-state index contributed by atoms with van der Waals surface area (Å²) in [4.78, 5) is 2.54. The number of nitrogens with one attached hydrogen (secondary N) is 1. The number of benzene rings is 1. The van der Waals surface area contributed by atoms with Crippen molar-refractivity contribution in [2.24, 2.45) is 5.92 Å². The van der Waals surface area contributed by atoms with Crippen molar-refractivity contribution in [3.05, 3.63) is 35.6 Å². The molecule has 0 radical (unpaired) electrons. The summed E-state index contributed by atoms with van der Waals surface area (Å²) < 4.78 is 12.9. The van der Waals surface area contributed by atoms with Gasteiger partial charge in [-0.3, -0.25) is 0 Å². The van der Waals surface area contributed by atoms with Gasteiger partial charge in [-0.25, -0.2) is 4.39 Å². The average molecular weight is 264 g/mol. The molecule has 1 heterocycles. The molecule has 1 fully saturated rings. The Hall–Kier alpha value is -0.930. The van der Waals surface area contributed by atoms with Crippen LogP contribution in [0.25, 0.3) is 0 Å². The van der Waals surface area contributed by atoms with Crippen molar-refractivity contribution in [1.82, 2.24) is 10.2 Å². The maximum absolute atomic E-state index is 12.9. The lowest BCUT2D eigenvalue weighted by Crippen LogP contribution is -2.31. The van der Waals surface area contributed by atoms with E-state index in [4.69, 9.17) is 0 Å². The van der Waals surface area contributed by atoms with Crippen molar-refractivity contribution < 1.29 is 4.39 Å². The van der Waals surface area contributed by atoms with Gasteiger partial charge in [0.05, 0.1) is 0 Å². The first-order valence-corrected chi connectivity index (χ1v) is 7.29. The molecule has 2 rings (SSSR count). The maximum atomic E-state index is 12.9. The van der Waals surface area contributed by atoms with E-state index in [9.17, 15) is 4.39 Å². The lowest BCUT2D eigenvalue weighted by Gasteiger charge is -2.21. The Morgan fingerprint density at radius 2 is 1.95 bits per heavy atom. The first kappa shape index (κ1) is 14.5. The van der Waals surface area contributed by atoms with Gasteiger partial charge in [0, 0.05) is 18.6 Å². The number of nitrogens with zero attached hydrogens (tertiary/aromatic N) is 1. The molecule has 106 valence electrons. The summed E-state index contributed by atoms with van der Waals surface area (Å²) in [6.45, 7) is 10.1. The van der Waals surface area contributed by atoms with Crippen molar-refractivity contribution in [3.8, 4) is 0 Å². The Kier molecular flexibility index (Phi) is 4.94. The summed E-state index contributed by atoms with van der Waals surface area (Å²) in [5.41, 5.74) is 1.15. The van der Waals surface area contributed by atoms with E-state index in [-0.39, 0.29) is 11.9 Å². The fourth-order valence-corrected chi connectivity index (χ4v) is 2.71. The van der Waals surface area contributed by atoms with Crippen LogP contribution in [0.5, 0.6) is 0 Å². The SMILES string of the molecule is CC(NCC1CCN(C(C)C)C1)c1ccc(F)cc1. The Labute approximate surface area is 116 Å². The zero-order chi connectivity index (χ0) is 13.8. The van der Waals surface area contributed by atoms with Crippen LogP contribution < -0.4 is 5.32 Å². The Morgan fingerprint density at radius 1 is 1.26 bits per heavy atom. The van der Waals surface area contributed by atoms with Gasteiger partial charge in [-0.15, -0.1) is 0 Å². The molecule has 1 aliphatic heterocycles. The molecule has 2 atom stereocenters. The van der Waals surface area contributed by atoms with Gasteiger partial charge in [-0.1, -0.05) is 12.1 Å². The monoisotopic (exact) mass is 264 g/mol. The highest BCUT2D eigenvalue weighted by atomic mass is 19.1. The maximum Gasteiger partial charge on any atom is 0.123 e. The van der Waals surface area contributed by atoms with Crippen LogP contribution in [-0.4, -0.2) is 30.6 Å². The average Bonchev–Trinajstić information content (AvgIpc) is 2.86. The minimum absolute atomic E-state index is 0.167. The minimum atomic E-state index is -0.167. The summed E-state index contributed by atoms with van der Waals surface area (Å²) >= 11 is 0. The first-order chi connectivity index (χ1) is 9.06. The second-order valence-corrected chi connectivity index (χ2v) is 5.92.